The predicted molar refractivity (Wildman–Crippen MR) is 128 cm³/mol. The molecule has 15 nitrogen and oxygen atoms in total. The van der Waals surface area contributed by atoms with E-state index in [1.54, 1.807) is 12.1 Å². The second kappa shape index (κ2) is 13.2. The van der Waals surface area contributed by atoms with Gasteiger partial charge in [-0.3, -0.25) is 0 Å². The van der Waals surface area contributed by atoms with Gasteiger partial charge in [0, 0.05) is 6.08 Å². The van der Waals surface area contributed by atoms with Crippen molar-refractivity contribution in [1.29, 1.82) is 0 Å². The standard InChI is InChI=1S/C24H34O15/c1-33-12-6-11(7-13(34-2)21(12)35-3)4-5-16(27)36-9-15-17(28)19(30)20(31)23(37-15)39-24(10-26)22(32)18(29)14(8-25)38-24/h4-7,14-15,17-20,22-23,25-26,28-32H,8-10H2,1-3H3/t14-,15+,17-,18-,19+,20-,22+,23-,24-/m1/s1. The van der Waals surface area contributed by atoms with Gasteiger partial charge in [0.2, 0.25) is 11.5 Å². The number of rotatable bonds is 11. The topological polar surface area (TPSA) is 223 Å². The van der Waals surface area contributed by atoms with Crippen LogP contribution in [0.3, 0.4) is 0 Å². The number of aliphatic hydroxyl groups excluding tert-OH is 7. The summed E-state index contributed by atoms with van der Waals surface area (Å²) >= 11 is 0. The molecule has 0 radical (unpaired) electrons. The Hall–Kier alpha value is -2.57. The highest BCUT2D eigenvalue weighted by Gasteiger charge is 2.58. The number of hydrogen-bond acceptors (Lipinski definition) is 15. The molecule has 0 unspecified atom stereocenters. The van der Waals surface area contributed by atoms with Crippen LogP contribution in [-0.2, 0) is 23.7 Å². The van der Waals surface area contributed by atoms with Crippen molar-refractivity contribution in [2.45, 2.75) is 54.8 Å². The molecule has 0 bridgehead atoms. The van der Waals surface area contributed by atoms with Gasteiger partial charge in [0.15, 0.2) is 17.8 Å². The molecule has 2 fully saturated rings. The second-order valence-electron chi connectivity index (χ2n) is 8.80. The average molecular weight is 563 g/mol. The molecule has 3 rings (SSSR count). The molecule has 39 heavy (non-hydrogen) atoms. The largest absolute Gasteiger partial charge is 0.493 e. The van der Waals surface area contributed by atoms with Gasteiger partial charge in [-0.15, -0.1) is 0 Å². The van der Waals surface area contributed by atoms with Gasteiger partial charge < -0.3 is 68.9 Å². The molecule has 0 aliphatic carbocycles. The fourth-order valence-electron chi connectivity index (χ4n) is 4.19. The van der Waals surface area contributed by atoms with E-state index < -0.39 is 80.6 Å². The highest BCUT2D eigenvalue weighted by atomic mass is 16.8. The summed E-state index contributed by atoms with van der Waals surface area (Å²) < 4.78 is 37.0. The number of carbonyl (C=O) groups excluding carboxylic acids is 1. The Bertz CT molecular complexity index is 977. The lowest BCUT2D eigenvalue weighted by Crippen LogP contribution is -2.62. The summed E-state index contributed by atoms with van der Waals surface area (Å²) in [6.07, 6.45) is -11.0. The van der Waals surface area contributed by atoms with Crippen molar-refractivity contribution in [3.63, 3.8) is 0 Å². The number of ether oxygens (including phenoxy) is 7. The van der Waals surface area contributed by atoms with Crippen molar-refractivity contribution >= 4 is 12.0 Å². The third kappa shape index (κ3) is 6.44. The van der Waals surface area contributed by atoms with Crippen LogP contribution in [0.2, 0.25) is 0 Å². The number of hydrogen-bond donors (Lipinski definition) is 7. The highest BCUT2D eigenvalue weighted by Crippen LogP contribution is 2.39. The molecular weight excluding hydrogens is 528 g/mol. The second-order valence-corrected chi connectivity index (χ2v) is 8.80. The van der Waals surface area contributed by atoms with E-state index in [-0.39, 0.29) is 0 Å². The van der Waals surface area contributed by atoms with Gasteiger partial charge in [-0.25, -0.2) is 4.79 Å². The number of carbonyl (C=O) groups is 1. The number of aliphatic hydroxyl groups is 7. The minimum Gasteiger partial charge on any atom is -0.493 e. The molecule has 2 aliphatic rings. The van der Waals surface area contributed by atoms with E-state index in [4.69, 9.17) is 33.2 Å². The summed E-state index contributed by atoms with van der Waals surface area (Å²) in [6.45, 7) is -2.35. The Kier molecular flexibility index (Phi) is 10.5. The summed E-state index contributed by atoms with van der Waals surface area (Å²) in [6, 6.07) is 3.18. The summed E-state index contributed by atoms with van der Waals surface area (Å²) in [5.41, 5.74) is 0.509. The van der Waals surface area contributed by atoms with Gasteiger partial charge in [-0.1, -0.05) is 0 Å². The zero-order valence-electron chi connectivity index (χ0n) is 21.4. The van der Waals surface area contributed by atoms with Crippen LogP contribution < -0.4 is 14.2 Å². The van der Waals surface area contributed by atoms with Gasteiger partial charge in [0.05, 0.1) is 27.9 Å². The molecule has 0 amide bonds. The molecular formula is C24H34O15. The van der Waals surface area contributed by atoms with Crippen molar-refractivity contribution in [2.75, 3.05) is 41.2 Å². The van der Waals surface area contributed by atoms with Gasteiger partial charge in [0.25, 0.3) is 0 Å². The Labute approximate surface area is 223 Å². The Morgan fingerprint density at radius 3 is 2.08 bits per heavy atom. The number of methoxy groups -OCH3 is 3. The van der Waals surface area contributed by atoms with Gasteiger partial charge in [-0.2, -0.15) is 0 Å². The van der Waals surface area contributed by atoms with E-state index in [2.05, 4.69) is 0 Å². The van der Waals surface area contributed by atoms with E-state index >= 15 is 0 Å². The Morgan fingerprint density at radius 2 is 1.56 bits per heavy atom. The highest BCUT2D eigenvalue weighted by molar-refractivity contribution is 5.87. The molecule has 7 N–H and O–H groups in total. The third-order valence-electron chi connectivity index (χ3n) is 6.38. The predicted octanol–water partition coefficient (Wildman–Crippen LogP) is -3.11. The first kappa shape index (κ1) is 31.0. The fraction of sp³-hybridized carbons (Fsp3) is 0.625. The zero-order chi connectivity index (χ0) is 28.9. The molecule has 2 saturated heterocycles. The molecule has 220 valence electrons. The van der Waals surface area contributed by atoms with Crippen LogP contribution in [0.4, 0.5) is 0 Å². The van der Waals surface area contributed by atoms with Crippen LogP contribution in [0.15, 0.2) is 18.2 Å². The smallest absolute Gasteiger partial charge is 0.330 e. The third-order valence-corrected chi connectivity index (χ3v) is 6.38. The SMILES string of the molecule is COc1cc(C=CC(=O)OC[C@@H]2O[C@H](O[C@@]3(CO)O[C@H](CO)[C@@H](O)[C@@H]3O)[C@H](O)[C@@H](O)[C@@H]2O)cc(OC)c1OC. The van der Waals surface area contributed by atoms with Crippen LogP contribution in [0.25, 0.3) is 6.08 Å². The van der Waals surface area contributed by atoms with E-state index in [0.29, 0.717) is 22.8 Å². The van der Waals surface area contributed by atoms with Crippen molar-refractivity contribution in [3.8, 4) is 17.2 Å². The maximum atomic E-state index is 12.3. The van der Waals surface area contributed by atoms with Crippen LogP contribution in [0.1, 0.15) is 5.56 Å². The lowest BCUT2D eigenvalue weighted by molar-refractivity contribution is -0.383. The van der Waals surface area contributed by atoms with Gasteiger partial charge in [-0.05, 0) is 23.8 Å². The Balaban J connectivity index is 1.67. The summed E-state index contributed by atoms with van der Waals surface area (Å²) in [5, 5.41) is 70.4. The maximum Gasteiger partial charge on any atom is 0.330 e. The van der Waals surface area contributed by atoms with Crippen LogP contribution in [0, 0.1) is 0 Å². The van der Waals surface area contributed by atoms with Crippen LogP contribution >= 0.6 is 0 Å². The quantitative estimate of drug-likeness (QED) is 0.105. The molecule has 0 saturated carbocycles. The molecule has 15 heteroatoms. The van der Waals surface area contributed by atoms with E-state index in [1.165, 1.54) is 27.4 Å². The normalized spacial score (nSPS) is 34.7. The van der Waals surface area contributed by atoms with Crippen molar-refractivity contribution in [3.05, 3.63) is 23.8 Å². The molecule has 1 aromatic carbocycles. The summed E-state index contributed by atoms with van der Waals surface area (Å²) in [5.74, 6) is -2.10. The first-order valence-electron chi connectivity index (χ1n) is 11.8. The first-order valence-corrected chi connectivity index (χ1v) is 11.8. The van der Waals surface area contributed by atoms with Crippen molar-refractivity contribution in [2.24, 2.45) is 0 Å². The Morgan fingerprint density at radius 1 is 0.923 bits per heavy atom. The minimum absolute atomic E-state index is 0.358. The van der Waals surface area contributed by atoms with E-state index in [0.717, 1.165) is 6.08 Å². The van der Waals surface area contributed by atoms with Crippen LogP contribution in [-0.4, -0.2) is 138 Å². The van der Waals surface area contributed by atoms with Crippen molar-refractivity contribution < 1.29 is 73.7 Å². The molecule has 2 aliphatic heterocycles. The van der Waals surface area contributed by atoms with E-state index in [1.807, 2.05) is 0 Å². The molecule has 1 aromatic rings. The maximum absolute atomic E-state index is 12.3. The van der Waals surface area contributed by atoms with Gasteiger partial charge >= 0.3 is 5.97 Å². The zero-order valence-corrected chi connectivity index (χ0v) is 21.4. The monoisotopic (exact) mass is 562 g/mol. The van der Waals surface area contributed by atoms with E-state index in [9.17, 15) is 40.5 Å². The lowest BCUT2D eigenvalue weighted by atomic mass is 9.99. The molecule has 9 atom stereocenters. The minimum atomic E-state index is -2.33. The molecule has 0 aromatic heterocycles. The first-order chi connectivity index (χ1) is 18.5. The molecule has 2 heterocycles. The van der Waals surface area contributed by atoms with Crippen LogP contribution in [0.5, 0.6) is 17.2 Å². The van der Waals surface area contributed by atoms with Crippen molar-refractivity contribution in [1.82, 2.24) is 0 Å². The number of esters is 1. The lowest BCUT2D eigenvalue weighted by Gasteiger charge is -2.43. The number of benzene rings is 1. The molecule has 0 spiro atoms. The van der Waals surface area contributed by atoms with Gasteiger partial charge in [0.1, 0.15) is 55.9 Å². The summed E-state index contributed by atoms with van der Waals surface area (Å²) in [7, 11) is 4.32. The summed E-state index contributed by atoms with van der Waals surface area (Å²) in [4.78, 5) is 12.3. The fourth-order valence-corrected chi connectivity index (χ4v) is 4.19. The average Bonchev–Trinajstić information content (AvgIpc) is 3.19.